The first kappa shape index (κ1) is 21.9. The van der Waals surface area contributed by atoms with E-state index in [1.54, 1.807) is 12.1 Å². The quantitative estimate of drug-likeness (QED) is 0.212. The Bertz CT molecular complexity index is 831. The van der Waals surface area contributed by atoms with Crippen molar-refractivity contribution in [3.8, 4) is 11.5 Å². The summed E-state index contributed by atoms with van der Waals surface area (Å²) in [6, 6.07) is 6.47. The van der Waals surface area contributed by atoms with Crippen LogP contribution in [0.25, 0.3) is 0 Å². The summed E-state index contributed by atoms with van der Waals surface area (Å²) >= 11 is 8.28. The molecule has 0 aliphatic heterocycles. The van der Waals surface area contributed by atoms with E-state index in [1.807, 2.05) is 57.3 Å². The summed E-state index contributed by atoms with van der Waals surface area (Å²) in [6.07, 6.45) is 2.69. The SMILES string of the molecule is O=C(NN=Cc1cc(I)cc(I)c1O)NN=Cc1cc(I)cc(I)c1O. The molecule has 0 saturated carbocycles. The van der Waals surface area contributed by atoms with Gasteiger partial charge in [-0.25, -0.2) is 15.6 Å². The van der Waals surface area contributed by atoms with Gasteiger partial charge >= 0.3 is 6.03 Å². The Morgan fingerprint density at radius 3 is 1.58 bits per heavy atom. The average Bonchev–Trinajstić information content (AvgIpc) is 2.56. The number of rotatable bonds is 4. The number of hydrazone groups is 2. The van der Waals surface area contributed by atoms with Crippen LogP contribution in [0.4, 0.5) is 4.79 Å². The summed E-state index contributed by atoms with van der Waals surface area (Å²) in [5, 5.41) is 27.4. The van der Waals surface area contributed by atoms with E-state index in [0.717, 1.165) is 7.14 Å². The number of nitrogens with one attached hydrogen (secondary N) is 2. The lowest BCUT2D eigenvalue weighted by atomic mass is 10.2. The summed E-state index contributed by atoms with van der Waals surface area (Å²) in [5.41, 5.74) is 5.47. The third-order valence-corrected chi connectivity index (χ3v) is 5.75. The summed E-state index contributed by atoms with van der Waals surface area (Å²) in [5.74, 6) is 0.192. The molecule has 0 fully saturated rings. The molecule has 0 atom stereocenters. The van der Waals surface area contributed by atoms with Gasteiger partial charge in [0.05, 0.1) is 19.6 Å². The molecule has 2 rings (SSSR count). The first-order valence-electron chi connectivity index (χ1n) is 6.76. The zero-order chi connectivity index (χ0) is 19.3. The normalized spacial score (nSPS) is 11.2. The number of hydrogen-bond donors (Lipinski definition) is 4. The Morgan fingerprint density at radius 1 is 0.808 bits per heavy atom. The van der Waals surface area contributed by atoms with E-state index in [4.69, 9.17) is 0 Å². The Labute approximate surface area is 203 Å². The third-order valence-electron chi connectivity index (χ3n) is 2.85. The number of phenols is 2. The van der Waals surface area contributed by atoms with Crippen LogP contribution in [0.2, 0.25) is 0 Å². The van der Waals surface area contributed by atoms with Crippen LogP contribution in [0.5, 0.6) is 11.5 Å². The largest absolute Gasteiger partial charge is 0.506 e. The van der Waals surface area contributed by atoms with Crippen LogP contribution < -0.4 is 10.9 Å². The zero-order valence-electron chi connectivity index (χ0n) is 12.7. The summed E-state index contributed by atoms with van der Waals surface area (Å²) in [6.45, 7) is 0. The second kappa shape index (κ2) is 10.2. The van der Waals surface area contributed by atoms with Crippen molar-refractivity contribution in [2.24, 2.45) is 10.2 Å². The van der Waals surface area contributed by atoms with E-state index >= 15 is 0 Å². The number of phenolic OH excluding ortho intramolecular Hbond substituents is 2. The van der Waals surface area contributed by atoms with E-state index < -0.39 is 6.03 Å². The number of carbonyl (C=O) groups is 1. The lowest BCUT2D eigenvalue weighted by Gasteiger charge is -2.04. The lowest BCUT2D eigenvalue weighted by Crippen LogP contribution is -2.28. The molecule has 0 aliphatic rings. The third kappa shape index (κ3) is 6.32. The molecular weight excluding hydrogens is 792 g/mol. The van der Waals surface area contributed by atoms with Crippen LogP contribution in [-0.2, 0) is 0 Å². The molecule has 0 spiro atoms. The second-order valence-corrected chi connectivity index (χ2v) is 9.54. The monoisotopic (exact) mass is 802 g/mol. The molecule has 2 aromatic rings. The van der Waals surface area contributed by atoms with Gasteiger partial charge in [0.25, 0.3) is 0 Å². The van der Waals surface area contributed by atoms with Crippen molar-refractivity contribution in [1.29, 1.82) is 0 Å². The van der Waals surface area contributed by atoms with Crippen molar-refractivity contribution in [2.45, 2.75) is 0 Å². The van der Waals surface area contributed by atoms with Crippen molar-refractivity contribution in [3.63, 3.8) is 0 Å². The fraction of sp³-hybridized carbons (Fsp3) is 0. The van der Waals surface area contributed by atoms with Crippen LogP contribution in [-0.4, -0.2) is 28.7 Å². The van der Waals surface area contributed by atoms with Crippen LogP contribution in [0.3, 0.4) is 0 Å². The minimum Gasteiger partial charge on any atom is -0.506 e. The molecule has 0 unspecified atom stereocenters. The van der Waals surface area contributed by atoms with Gasteiger partial charge in [0.15, 0.2) is 0 Å². The summed E-state index contributed by atoms with van der Waals surface area (Å²) in [4.78, 5) is 11.7. The number of nitrogens with zero attached hydrogens (tertiary/aromatic N) is 2. The van der Waals surface area contributed by atoms with Gasteiger partial charge in [-0.1, -0.05) is 0 Å². The summed E-state index contributed by atoms with van der Waals surface area (Å²) in [7, 11) is 0. The van der Waals surface area contributed by atoms with E-state index in [-0.39, 0.29) is 11.5 Å². The van der Waals surface area contributed by atoms with Gasteiger partial charge in [0.2, 0.25) is 0 Å². The maximum Gasteiger partial charge on any atom is 0.355 e. The Morgan fingerprint density at radius 2 is 1.19 bits per heavy atom. The van der Waals surface area contributed by atoms with Crippen molar-refractivity contribution in [3.05, 3.63) is 49.7 Å². The second-order valence-electron chi connectivity index (χ2n) is 4.72. The number of urea groups is 1. The molecular formula is C15H10I4N4O3. The molecule has 0 bridgehead atoms. The molecule has 0 radical (unpaired) electrons. The van der Waals surface area contributed by atoms with Crippen molar-refractivity contribution in [2.75, 3.05) is 0 Å². The highest BCUT2D eigenvalue weighted by atomic mass is 127. The average molecular weight is 802 g/mol. The molecule has 0 aliphatic carbocycles. The number of aromatic hydroxyl groups is 2. The smallest absolute Gasteiger partial charge is 0.355 e. The fourth-order valence-electron chi connectivity index (χ4n) is 1.71. The highest BCUT2D eigenvalue weighted by molar-refractivity contribution is 14.1. The number of halogens is 4. The standard InChI is InChI=1S/C15H10I4N4O3/c16-9-1-7(13(24)11(18)3-9)5-20-22-15(26)23-21-6-8-2-10(17)4-12(19)14(8)25/h1-6,24-25H,(H2,22,23,26). The van der Waals surface area contributed by atoms with Crippen LogP contribution in [0.15, 0.2) is 34.5 Å². The molecule has 136 valence electrons. The van der Waals surface area contributed by atoms with Gasteiger partial charge in [-0.15, -0.1) is 0 Å². The molecule has 0 heterocycles. The van der Waals surface area contributed by atoms with Gasteiger partial charge in [0.1, 0.15) is 11.5 Å². The molecule has 4 N–H and O–H groups in total. The highest BCUT2D eigenvalue weighted by Crippen LogP contribution is 2.26. The first-order chi connectivity index (χ1) is 12.3. The number of hydrogen-bond acceptors (Lipinski definition) is 5. The van der Waals surface area contributed by atoms with Gasteiger partial charge in [-0.05, 0) is 115 Å². The van der Waals surface area contributed by atoms with Crippen molar-refractivity contribution < 1.29 is 15.0 Å². The molecule has 0 saturated heterocycles. The van der Waals surface area contributed by atoms with Gasteiger partial charge in [-0.3, -0.25) is 0 Å². The highest BCUT2D eigenvalue weighted by Gasteiger charge is 2.06. The Kier molecular flexibility index (Phi) is 8.58. The lowest BCUT2D eigenvalue weighted by molar-refractivity contribution is 0.242. The molecule has 2 aromatic carbocycles. The molecule has 2 amide bonds. The molecule has 26 heavy (non-hydrogen) atoms. The van der Waals surface area contributed by atoms with E-state index in [9.17, 15) is 15.0 Å². The zero-order valence-corrected chi connectivity index (χ0v) is 21.3. The minimum atomic E-state index is -0.655. The Balaban J connectivity index is 1.96. The summed E-state index contributed by atoms with van der Waals surface area (Å²) < 4.78 is 3.26. The fourth-order valence-corrected chi connectivity index (χ4v) is 5.49. The minimum absolute atomic E-state index is 0.0961. The molecule has 11 heteroatoms. The molecule has 0 aromatic heterocycles. The van der Waals surface area contributed by atoms with Crippen LogP contribution in [0.1, 0.15) is 11.1 Å². The van der Waals surface area contributed by atoms with Crippen molar-refractivity contribution >= 4 is 109 Å². The van der Waals surface area contributed by atoms with Crippen LogP contribution in [0, 0.1) is 14.3 Å². The van der Waals surface area contributed by atoms with Gasteiger partial charge in [-0.2, -0.15) is 10.2 Å². The van der Waals surface area contributed by atoms with Crippen LogP contribution >= 0.6 is 90.4 Å². The molecule has 7 nitrogen and oxygen atoms in total. The maximum absolute atomic E-state index is 11.7. The van der Waals surface area contributed by atoms with E-state index in [1.165, 1.54) is 12.4 Å². The van der Waals surface area contributed by atoms with Gasteiger partial charge in [0, 0.05) is 18.3 Å². The first-order valence-corrected chi connectivity index (χ1v) is 11.1. The van der Waals surface area contributed by atoms with Crippen molar-refractivity contribution in [1.82, 2.24) is 10.9 Å². The van der Waals surface area contributed by atoms with E-state index in [2.05, 4.69) is 66.2 Å². The predicted molar refractivity (Wildman–Crippen MR) is 134 cm³/mol. The topological polar surface area (TPSA) is 106 Å². The maximum atomic E-state index is 11.7. The number of amides is 2. The van der Waals surface area contributed by atoms with Gasteiger partial charge < -0.3 is 10.2 Å². The van der Waals surface area contributed by atoms with E-state index in [0.29, 0.717) is 18.3 Å². The predicted octanol–water partition coefficient (Wildman–Crippen LogP) is 4.18. The Hall–Kier alpha value is -0.430. The number of benzene rings is 2. The number of carbonyl (C=O) groups excluding carboxylic acids is 1.